The third kappa shape index (κ3) is 10.3. The van der Waals surface area contributed by atoms with Crippen molar-refractivity contribution in [2.24, 2.45) is 0 Å². The van der Waals surface area contributed by atoms with Crippen LogP contribution in [0.2, 0.25) is 0 Å². The van der Waals surface area contributed by atoms with E-state index < -0.39 is 23.9 Å². The highest BCUT2D eigenvalue weighted by molar-refractivity contribution is 6.03. The van der Waals surface area contributed by atoms with Crippen molar-refractivity contribution < 1.29 is 28.7 Å². The summed E-state index contributed by atoms with van der Waals surface area (Å²) in [6.45, 7) is 12.9. The summed E-state index contributed by atoms with van der Waals surface area (Å²) in [5.74, 6) is -3.95. The summed E-state index contributed by atoms with van der Waals surface area (Å²) in [4.78, 5) is 43.8. The van der Waals surface area contributed by atoms with Crippen molar-refractivity contribution in [3.63, 3.8) is 0 Å². The summed E-state index contributed by atoms with van der Waals surface area (Å²) in [5, 5.41) is 0. The molecule has 6 nitrogen and oxygen atoms in total. The Hall–Kier alpha value is -3.54. The second-order valence-corrected chi connectivity index (χ2v) is 4.93. The summed E-state index contributed by atoms with van der Waals surface area (Å²) in [7, 11) is 0. The van der Waals surface area contributed by atoms with Crippen molar-refractivity contribution in [1.82, 2.24) is 0 Å². The topological polar surface area (TPSA) is 86.7 Å². The Labute approximate surface area is 152 Å². The van der Waals surface area contributed by atoms with Gasteiger partial charge in [0.25, 0.3) is 0 Å². The Morgan fingerprint density at radius 1 is 0.808 bits per heavy atom. The maximum atomic E-state index is 11.0. The molecule has 0 aromatic heterocycles. The molecule has 6 heteroatoms. The van der Waals surface area contributed by atoms with Crippen LogP contribution in [-0.2, 0) is 28.7 Å². The number of hydrogen-bond acceptors (Lipinski definition) is 6. The molecule has 26 heavy (non-hydrogen) atoms. The monoisotopic (exact) mass is 356 g/mol. The van der Waals surface area contributed by atoms with Crippen molar-refractivity contribution >= 4 is 30.0 Å². The zero-order chi connectivity index (χ0) is 20.1. The number of esters is 4. The minimum atomic E-state index is -1.07. The van der Waals surface area contributed by atoms with Crippen LogP contribution < -0.4 is 0 Å². The van der Waals surface area contributed by atoms with Gasteiger partial charge in [-0.1, -0.05) is 56.1 Å². The van der Waals surface area contributed by atoms with E-state index in [0.717, 1.165) is 0 Å². The largest absolute Gasteiger partial charge is 0.386 e. The van der Waals surface area contributed by atoms with E-state index in [2.05, 4.69) is 29.2 Å². The number of hydrogen-bond donors (Lipinski definition) is 0. The fourth-order valence-corrected chi connectivity index (χ4v) is 1.15. The Kier molecular flexibility index (Phi) is 10.3. The number of rotatable bonds is 5. The molecular weight excluding hydrogens is 336 g/mol. The maximum absolute atomic E-state index is 11.0. The molecule has 1 aromatic rings. The number of carbonyl (C=O) groups excluding carboxylic acids is 4. The van der Waals surface area contributed by atoms with E-state index in [0.29, 0.717) is 12.2 Å². The van der Waals surface area contributed by atoms with Crippen molar-refractivity contribution in [3.05, 3.63) is 78.9 Å². The zero-order valence-corrected chi connectivity index (χ0v) is 14.7. The van der Waals surface area contributed by atoms with E-state index in [4.69, 9.17) is 0 Å². The minimum absolute atomic E-state index is 0.0387. The lowest BCUT2D eigenvalue weighted by Gasteiger charge is -1.98. The van der Waals surface area contributed by atoms with Gasteiger partial charge in [0.05, 0.1) is 0 Å². The molecule has 136 valence electrons. The van der Waals surface area contributed by atoms with Gasteiger partial charge in [-0.2, -0.15) is 0 Å². The van der Waals surface area contributed by atoms with Crippen LogP contribution in [0.1, 0.15) is 19.4 Å². The predicted molar refractivity (Wildman–Crippen MR) is 97.5 cm³/mol. The van der Waals surface area contributed by atoms with E-state index in [1.54, 1.807) is 0 Å². The van der Waals surface area contributed by atoms with Gasteiger partial charge in [0.2, 0.25) is 0 Å². The second kappa shape index (κ2) is 11.9. The van der Waals surface area contributed by atoms with Crippen LogP contribution in [0.5, 0.6) is 0 Å². The van der Waals surface area contributed by atoms with Crippen molar-refractivity contribution in [3.8, 4) is 0 Å². The van der Waals surface area contributed by atoms with Gasteiger partial charge >= 0.3 is 23.9 Å². The van der Waals surface area contributed by atoms with Gasteiger partial charge in [0, 0.05) is 23.3 Å². The van der Waals surface area contributed by atoms with Gasteiger partial charge < -0.3 is 9.47 Å². The molecule has 0 aliphatic heterocycles. The first-order valence-corrected chi connectivity index (χ1v) is 7.36. The Morgan fingerprint density at radius 2 is 1.19 bits per heavy atom. The highest BCUT2D eigenvalue weighted by Gasteiger charge is 2.11. The molecule has 0 bridgehead atoms. The molecule has 0 atom stereocenters. The van der Waals surface area contributed by atoms with E-state index in [-0.39, 0.29) is 11.1 Å². The molecule has 0 radical (unpaired) electrons. The molecule has 0 unspecified atom stereocenters. The van der Waals surface area contributed by atoms with Crippen molar-refractivity contribution in [2.75, 3.05) is 0 Å². The van der Waals surface area contributed by atoms with Crippen molar-refractivity contribution in [1.29, 1.82) is 0 Å². The summed E-state index contributed by atoms with van der Waals surface area (Å²) >= 11 is 0. The van der Waals surface area contributed by atoms with Crippen LogP contribution in [0.4, 0.5) is 0 Å². The Balaban J connectivity index is 0.000000642. The van der Waals surface area contributed by atoms with Crippen molar-refractivity contribution in [2.45, 2.75) is 13.8 Å². The molecule has 0 fully saturated rings. The molecule has 0 saturated carbocycles. The lowest BCUT2D eigenvalue weighted by molar-refractivity contribution is -0.156. The normalized spacial score (nSPS) is 9.31. The lowest BCUT2D eigenvalue weighted by Crippen LogP contribution is -2.13. The predicted octanol–water partition coefficient (Wildman–Crippen LogP) is 3.16. The standard InChI is InChI=1S/C12H12O6.C8H8/c1-7(2)11(15)17-9(13)5-6-10(14)18-12(16)8(3)4;1-2-8-6-4-3-5-7-8/h5-6H,1,3H2,2,4H3;2-7H,1H2/b6-5-;. The summed E-state index contributed by atoms with van der Waals surface area (Å²) < 4.78 is 8.48. The van der Waals surface area contributed by atoms with Gasteiger partial charge in [-0.25, -0.2) is 19.2 Å². The number of benzene rings is 1. The smallest absolute Gasteiger partial charge is 0.340 e. The molecule has 0 N–H and O–H groups in total. The second-order valence-electron chi connectivity index (χ2n) is 4.93. The first-order valence-electron chi connectivity index (χ1n) is 7.36. The van der Waals surface area contributed by atoms with Gasteiger partial charge in [0.1, 0.15) is 0 Å². The number of carbonyl (C=O) groups is 4. The molecule has 0 aliphatic carbocycles. The van der Waals surface area contributed by atoms with Gasteiger partial charge in [-0.15, -0.1) is 0 Å². The summed E-state index contributed by atoms with van der Waals surface area (Å²) in [6, 6.07) is 10.0. The van der Waals surface area contributed by atoms with E-state index in [1.807, 2.05) is 36.4 Å². The molecule has 1 aromatic carbocycles. The molecule has 0 aliphatic rings. The molecule has 1 rings (SSSR count). The van der Waals surface area contributed by atoms with Crippen LogP contribution >= 0.6 is 0 Å². The third-order valence-electron chi connectivity index (χ3n) is 2.47. The third-order valence-corrected chi connectivity index (χ3v) is 2.47. The molecule has 0 amide bonds. The minimum Gasteiger partial charge on any atom is -0.386 e. The lowest BCUT2D eigenvalue weighted by atomic mass is 10.2. The van der Waals surface area contributed by atoms with E-state index in [1.165, 1.54) is 19.4 Å². The van der Waals surface area contributed by atoms with Gasteiger partial charge in [0.15, 0.2) is 0 Å². The highest BCUT2D eigenvalue weighted by atomic mass is 16.6. The fourth-order valence-electron chi connectivity index (χ4n) is 1.15. The first-order chi connectivity index (χ1) is 12.2. The molecule has 0 spiro atoms. The van der Waals surface area contributed by atoms with Crippen LogP contribution in [0.3, 0.4) is 0 Å². The quantitative estimate of drug-likeness (QED) is 0.457. The Morgan fingerprint density at radius 3 is 1.46 bits per heavy atom. The fraction of sp³-hybridized carbons (Fsp3) is 0.100. The van der Waals surface area contributed by atoms with Gasteiger partial charge in [-0.3, -0.25) is 0 Å². The van der Waals surface area contributed by atoms with Crippen LogP contribution in [-0.4, -0.2) is 23.9 Å². The average molecular weight is 356 g/mol. The van der Waals surface area contributed by atoms with E-state index >= 15 is 0 Å². The van der Waals surface area contributed by atoms with Crippen LogP contribution in [0.15, 0.2) is 73.4 Å². The summed E-state index contributed by atoms with van der Waals surface area (Å²) in [6.07, 6.45) is 3.16. The zero-order valence-electron chi connectivity index (χ0n) is 14.7. The molecule has 0 heterocycles. The van der Waals surface area contributed by atoms with Gasteiger partial charge in [-0.05, 0) is 19.4 Å². The highest BCUT2D eigenvalue weighted by Crippen LogP contribution is 1.98. The maximum Gasteiger partial charge on any atom is 0.340 e. The van der Waals surface area contributed by atoms with Crippen LogP contribution in [0.25, 0.3) is 6.08 Å². The van der Waals surface area contributed by atoms with E-state index in [9.17, 15) is 19.2 Å². The van der Waals surface area contributed by atoms with Crippen LogP contribution in [0, 0.1) is 0 Å². The number of ether oxygens (including phenoxy) is 2. The summed E-state index contributed by atoms with van der Waals surface area (Å²) in [5.41, 5.74) is 1.25. The SMILES string of the molecule is C=C(C)C(=O)OC(=O)/C=C\C(=O)OC(=O)C(=C)C.C=Cc1ccccc1. The average Bonchev–Trinajstić information content (AvgIpc) is 2.61. The molecular formula is C20H20O6. The molecule has 0 saturated heterocycles. The Bertz CT molecular complexity index is 699. The first kappa shape index (κ1) is 22.5.